The molecule has 2 aliphatic rings. The van der Waals surface area contributed by atoms with Gasteiger partial charge in [0.2, 0.25) is 0 Å². The molecule has 52 heavy (non-hydrogen) atoms. The molecule has 0 N–H and O–H groups in total. The lowest BCUT2D eigenvalue weighted by atomic mass is 9.89. The van der Waals surface area contributed by atoms with E-state index in [-0.39, 0.29) is 23.1 Å². The lowest BCUT2D eigenvalue weighted by molar-refractivity contribution is -0.129. The van der Waals surface area contributed by atoms with Crippen LogP contribution >= 0.6 is 11.3 Å². The lowest BCUT2D eigenvalue weighted by Gasteiger charge is -2.38. The van der Waals surface area contributed by atoms with Crippen LogP contribution in [0.2, 0.25) is 0 Å². The molecule has 0 aliphatic carbocycles. The molecule has 1 unspecified atom stereocenters. The van der Waals surface area contributed by atoms with Crippen LogP contribution in [0.25, 0.3) is 28.0 Å². The van der Waals surface area contributed by atoms with Crippen molar-refractivity contribution in [2.45, 2.75) is 32.5 Å². The molecule has 0 spiro atoms. The Morgan fingerprint density at radius 1 is 1.02 bits per heavy atom. The second-order valence-electron chi connectivity index (χ2n) is 13.2. The highest BCUT2D eigenvalue weighted by Crippen LogP contribution is 2.38. The van der Waals surface area contributed by atoms with E-state index in [9.17, 15) is 14.9 Å². The zero-order chi connectivity index (χ0) is 36.4. The number of fused-ring (bicyclic) bond motifs is 2. The molecule has 12 heteroatoms. The van der Waals surface area contributed by atoms with Gasteiger partial charge in [-0.25, -0.2) is 4.98 Å². The summed E-state index contributed by atoms with van der Waals surface area (Å²) in [5, 5.41) is 13.6. The Bertz CT molecular complexity index is 2230. The summed E-state index contributed by atoms with van der Waals surface area (Å²) in [5.74, 6) is 1.23. The standard InChI is InChI=1S/C40H41N7O4S/c1-26-30-7-5-6-27(31(30)9-12-47(26)39(48)29(21-41)20-38-43-11-17-52-38)23-45-13-15-46(16-14-45)25-35-36(50-3)18-28(19-37(35)51-4)34-24-44(2)40(49)33-22-42-10-8-32(33)34/h5-8,10-11,17-20,22,24,26H,9,12-16,23,25H2,1-4H3/b29-20+. The first kappa shape index (κ1) is 35.1. The fraction of sp³-hybridized carbons (Fsp3) is 0.325. The fourth-order valence-corrected chi connectivity index (χ4v) is 8.07. The number of rotatable bonds is 9. The van der Waals surface area contributed by atoms with E-state index in [4.69, 9.17) is 9.47 Å². The Hall–Kier alpha value is -5.35. The number of benzene rings is 2. The molecule has 2 aliphatic heterocycles. The maximum absolute atomic E-state index is 13.4. The van der Waals surface area contributed by atoms with Crippen LogP contribution in [-0.2, 0) is 31.4 Å². The number of carbonyl (C=O) groups excluding carboxylic acids is 1. The maximum atomic E-state index is 13.4. The SMILES string of the molecule is COc1cc(-c2cn(C)c(=O)c3cnccc23)cc(OC)c1CN1CCN(Cc2cccc3c2CCN(C(=O)/C(C#N)=C/c2nccs2)C3C)CC1. The average molecular weight is 716 g/mol. The highest BCUT2D eigenvalue weighted by atomic mass is 32.1. The first-order valence-corrected chi connectivity index (χ1v) is 18.2. The summed E-state index contributed by atoms with van der Waals surface area (Å²) < 4.78 is 13.5. The number of piperazine rings is 1. The van der Waals surface area contributed by atoms with Gasteiger partial charge in [-0.3, -0.25) is 24.4 Å². The topological polar surface area (TPSA) is 117 Å². The molecule has 7 rings (SSSR count). The number of aromatic nitrogens is 3. The molecule has 0 radical (unpaired) electrons. The summed E-state index contributed by atoms with van der Waals surface area (Å²) in [5.41, 5.74) is 6.57. The molecule has 0 bridgehead atoms. The van der Waals surface area contributed by atoms with Crippen molar-refractivity contribution in [2.75, 3.05) is 46.9 Å². The minimum atomic E-state index is -0.252. The van der Waals surface area contributed by atoms with Crippen molar-refractivity contribution in [2.24, 2.45) is 7.05 Å². The molecule has 1 atom stereocenters. The van der Waals surface area contributed by atoms with Crippen LogP contribution in [0, 0.1) is 11.3 Å². The highest BCUT2D eigenvalue weighted by molar-refractivity contribution is 7.10. The van der Waals surface area contributed by atoms with Crippen molar-refractivity contribution in [3.05, 3.63) is 110 Å². The van der Waals surface area contributed by atoms with Crippen molar-refractivity contribution in [3.63, 3.8) is 0 Å². The number of methoxy groups -OCH3 is 2. The van der Waals surface area contributed by atoms with E-state index in [0.717, 1.165) is 78.3 Å². The number of hydrogen-bond acceptors (Lipinski definition) is 10. The second kappa shape index (κ2) is 15.1. The summed E-state index contributed by atoms with van der Waals surface area (Å²) in [6.45, 7) is 7.75. The first-order chi connectivity index (χ1) is 25.3. The number of amides is 1. The van der Waals surface area contributed by atoms with Crippen LogP contribution in [0.15, 0.2) is 76.9 Å². The number of carbonyl (C=O) groups is 1. The van der Waals surface area contributed by atoms with Gasteiger partial charge in [0, 0.05) is 88.6 Å². The summed E-state index contributed by atoms with van der Waals surface area (Å²) in [4.78, 5) is 41.3. The van der Waals surface area contributed by atoms with Crippen LogP contribution in [0.1, 0.15) is 40.2 Å². The van der Waals surface area contributed by atoms with Gasteiger partial charge in [0.1, 0.15) is 28.1 Å². The van der Waals surface area contributed by atoms with E-state index in [1.165, 1.54) is 22.5 Å². The quantitative estimate of drug-likeness (QED) is 0.145. The number of nitriles is 1. The predicted molar refractivity (Wildman–Crippen MR) is 202 cm³/mol. The average Bonchev–Trinajstić information content (AvgIpc) is 3.69. The van der Waals surface area contributed by atoms with Gasteiger partial charge in [-0.15, -0.1) is 11.3 Å². The van der Waals surface area contributed by atoms with Crippen LogP contribution in [0.3, 0.4) is 0 Å². The molecule has 3 aromatic heterocycles. The van der Waals surface area contributed by atoms with Gasteiger partial charge >= 0.3 is 0 Å². The van der Waals surface area contributed by atoms with E-state index in [1.807, 2.05) is 41.6 Å². The summed E-state index contributed by atoms with van der Waals surface area (Å²) in [6, 6.07) is 14.3. The predicted octanol–water partition coefficient (Wildman–Crippen LogP) is 5.44. The van der Waals surface area contributed by atoms with Gasteiger partial charge in [-0.05, 0) is 65.3 Å². The fourth-order valence-electron chi connectivity index (χ4n) is 7.50. The van der Waals surface area contributed by atoms with E-state index in [1.54, 1.807) is 50.5 Å². The first-order valence-electron chi connectivity index (χ1n) is 17.4. The number of thiazole rings is 1. The van der Waals surface area contributed by atoms with E-state index in [0.29, 0.717) is 23.5 Å². The maximum Gasteiger partial charge on any atom is 0.265 e. The van der Waals surface area contributed by atoms with Crippen LogP contribution in [0.5, 0.6) is 11.5 Å². The molecule has 266 valence electrons. The summed E-state index contributed by atoms with van der Waals surface area (Å²) in [6.07, 6.45) is 9.17. The number of pyridine rings is 2. The summed E-state index contributed by atoms with van der Waals surface area (Å²) in [7, 11) is 5.11. The third-order valence-electron chi connectivity index (χ3n) is 10.3. The normalized spacial score (nSPS) is 16.8. The van der Waals surface area contributed by atoms with Crippen molar-refractivity contribution >= 4 is 34.1 Å². The van der Waals surface area contributed by atoms with Gasteiger partial charge in [0.05, 0.1) is 31.2 Å². The van der Waals surface area contributed by atoms with E-state index in [2.05, 4.69) is 44.0 Å². The van der Waals surface area contributed by atoms with Crippen LogP contribution in [0.4, 0.5) is 0 Å². The Labute approximate surface area is 307 Å². The summed E-state index contributed by atoms with van der Waals surface area (Å²) >= 11 is 1.40. The highest BCUT2D eigenvalue weighted by Gasteiger charge is 2.31. The number of aryl methyl sites for hydroxylation is 1. The van der Waals surface area contributed by atoms with Gasteiger partial charge in [-0.2, -0.15) is 5.26 Å². The third kappa shape index (κ3) is 6.82. The number of nitrogens with zero attached hydrogens (tertiary/aromatic N) is 7. The van der Waals surface area contributed by atoms with Crippen LogP contribution in [-0.4, -0.2) is 82.1 Å². The van der Waals surface area contributed by atoms with Gasteiger partial charge in [0.15, 0.2) is 0 Å². The van der Waals surface area contributed by atoms with Gasteiger partial charge < -0.3 is 18.9 Å². The molecule has 2 aromatic carbocycles. The number of hydrogen-bond donors (Lipinski definition) is 0. The van der Waals surface area contributed by atoms with Crippen molar-refractivity contribution in [1.82, 2.24) is 29.2 Å². The monoisotopic (exact) mass is 715 g/mol. The molecule has 1 saturated heterocycles. The smallest absolute Gasteiger partial charge is 0.265 e. The van der Waals surface area contributed by atoms with E-state index < -0.39 is 0 Å². The molecule has 0 saturated carbocycles. The van der Waals surface area contributed by atoms with Gasteiger partial charge in [-0.1, -0.05) is 18.2 Å². The molecular formula is C40H41N7O4S. The minimum Gasteiger partial charge on any atom is -0.496 e. The van der Waals surface area contributed by atoms with Gasteiger partial charge in [0.25, 0.3) is 11.5 Å². The Morgan fingerprint density at radius 2 is 1.75 bits per heavy atom. The third-order valence-corrected chi connectivity index (χ3v) is 11.0. The zero-order valence-electron chi connectivity index (χ0n) is 29.8. The molecule has 11 nitrogen and oxygen atoms in total. The molecular weight excluding hydrogens is 675 g/mol. The van der Waals surface area contributed by atoms with Crippen molar-refractivity contribution in [3.8, 4) is 28.7 Å². The molecule has 1 amide bonds. The number of ether oxygens (including phenoxy) is 2. The Kier molecular flexibility index (Phi) is 10.2. The zero-order valence-corrected chi connectivity index (χ0v) is 30.7. The molecule has 1 fully saturated rings. The second-order valence-corrected chi connectivity index (χ2v) is 14.2. The van der Waals surface area contributed by atoms with Crippen molar-refractivity contribution in [1.29, 1.82) is 5.26 Å². The Morgan fingerprint density at radius 3 is 2.42 bits per heavy atom. The van der Waals surface area contributed by atoms with E-state index >= 15 is 0 Å². The van der Waals surface area contributed by atoms with Crippen LogP contribution < -0.4 is 15.0 Å². The van der Waals surface area contributed by atoms with Crippen molar-refractivity contribution < 1.29 is 14.3 Å². The lowest BCUT2D eigenvalue weighted by Crippen LogP contribution is -2.45. The molecule has 5 heterocycles. The largest absolute Gasteiger partial charge is 0.496 e. The minimum absolute atomic E-state index is 0.0896. The molecule has 5 aromatic rings. The Balaban J connectivity index is 1.03.